The molecule has 1 aromatic heterocycles. The number of carbonyl (C=O) groups excluding carboxylic acids is 1. The summed E-state index contributed by atoms with van der Waals surface area (Å²) in [6, 6.07) is 6.35. The normalized spacial score (nSPS) is 10.1. The van der Waals surface area contributed by atoms with Crippen molar-refractivity contribution in [2.75, 3.05) is 0 Å². The number of rotatable bonds is 4. The number of aromatic nitrogens is 1. The molecule has 16 heavy (non-hydrogen) atoms. The molecule has 0 aliphatic carbocycles. The maximum absolute atomic E-state index is 13.5. The Morgan fingerprint density at radius 3 is 3.00 bits per heavy atom. The summed E-state index contributed by atoms with van der Waals surface area (Å²) in [5.74, 6) is -0.343. The topological polar surface area (TPSA) is 39.2 Å². The largest absolute Gasteiger partial charge is 0.451 e. The van der Waals surface area contributed by atoms with Crippen molar-refractivity contribution in [2.24, 2.45) is 0 Å². The Morgan fingerprint density at radius 1 is 1.44 bits per heavy atom. The third kappa shape index (κ3) is 2.09. The van der Waals surface area contributed by atoms with E-state index in [2.05, 4.69) is 9.72 Å². The zero-order valence-corrected chi connectivity index (χ0v) is 8.96. The van der Waals surface area contributed by atoms with Gasteiger partial charge in [-0.3, -0.25) is 0 Å². The van der Waals surface area contributed by atoms with Crippen LogP contribution in [0.4, 0.5) is 4.39 Å². The minimum absolute atomic E-state index is 0.0673. The molecule has 81 valence electrons. The third-order valence-corrected chi connectivity index (χ3v) is 2.84. The standard InChI is InChI=1S/C11H7FNO2S/c12-9-4-2-1-3-8(9)11-10(5-15-7-14)16-6-13-11/h1-4,6H,5H2. The van der Waals surface area contributed by atoms with Crippen molar-refractivity contribution >= 4 is 17.8 Å². The van der Waals surface area contributed by atoms with Gasteiger partial charge in [-0.25, -0.2) is 14.2 Å². The highest BCUT2D eigenvalue weighted by Gasteiger charge is 2.12. The van der Waals surface area contributed by atoms with Gasteiger partial charge in [-0.2, -0.15) is 0 Å². The first-order valence-electron chi connectivity index (χ1n) is 4.49. The van der Waals surface area contributed by atoms with Crippen molar-refractivity contribution < 1.29 is 13.9 Å². The molecule has 0 bridgehead atoms. The fourth-order valence-electron chi connectivity index (χ4n) is 1.34. The molecule has 0 amide bonds. The van der Waals surface area contributed by atoms with Crippen LogP contribution in [0, 0.1) is 5.82 Å². The Balaban J connectivity index is 2.37. The average molecular weight is 236 g/mol. The van der Waals surface area contributed by atoms with Crippen molar-refractivity contribution in [2.45, 2.75) is 6.61 Å². The molecule has 0 saturated heterocycles. The lowest BCUT2D eigenvalue weighted by Crippen LogP contribution is -1.92. The first-order valence-corrected chi connectivity index (χ1v) is 5.37. The van der Waals surface area contributed by atoms with Gasteiger partial charge in [0.1, 0.15) is 12.4 Å². The minimum Gasteiger partial charge on any atom is -0.451 e. The Hall–Kier alpha value is -1.75. The number of nitrogens with zero attached hydrogens (tertiary/aromatic N) is 1. The van der Waals surface area contributed by atoms with Gasteiger partial charge in [-0.15, -0.1) is 11.3 Å². The van der Waals surface area contributed by atoms with Crippen molar-refractivity contribution in [1.82, 2.24) is 4.98 Å². The highest BCUT2D eigenvalue weighted by atomic mass is 32.1. The minimum atomic E-state index is -0.343. The van der Waals surface area contributed by atoms with Crippen LogP contribution in [0.15, 0.2) is 29.8 Å². The average Bonchev–Trinajstić information content (AvgIpc) is 2.75. The molecule has 2 aromatic rings. The maximum atomic E-state index is 13.5. The monoisotopic (exact) mass is 236 g/mol. The van der Waals surface area contributed by atoms with Crippen LogP contribution in [0.5, 0.6) is 0 Å². The summed E-state index contributed by atoms with van der Waals surface area (Å²) in [5.41, 5.74) is 2.51. The number of hydrogen-bond donors (Lipinski definition) is 0. The lowest BCUT2D eigenvalue weighted by Gasteiger charge is -2.02. The molecule has 0 saturated carbocycles. The lowest BCUT2D eigenvalue weighted by atomic mass is 10.1. The van der Waals surface area contributed by atoms with E-state index < -0.39 is 0 Å². The molecule has 0 atom stereocenters. The van der Waals surface area contributed by atoms with E-state index in [1.807, 2.05) is 0 Å². The summed E-state index contributed by atoms with van der Waals surface area (Å²) in [6.07, 6.45) is 0. The number of thiazole rings is 1. The molecule has 1 aromatic carbocycles. The van der Waals surface area contributed by atoms with E-state index in [9.17, 15) is 9.18 Å². The van der Waals surface area contributed by atoms with Crippen LogP contribution in [0.1, 0.15) is 4.88 Å². The summed E-state index contributed by atoms with van der Waals surface area (Å²) in [5, 5.41) is 0. The molecule has 0 N–H and O–H groups in total. The fourth-order valence-corrected chi connectivity index (χ4v) is 2.03. The van der Waals surface area contributed by atoms with E-state index in [1.54, 1.807) is 23.7 Å². The highest BCUT2D eigenvalue weighted by Crippen LogP contribution is 2.27. The Bertz CT molecular complexity index is 498. The second-order valence-corrected chi connectivity index (χ2v) is 3.92. The van der Waals surface area contributed by atoms with Crippen molar-refractivity contribution in [3.8, 4) is 11.3 Å². The van der Waals surface area contributed by atoms with Gasteiger partial charge >= 0.3 is 6.47 Å². The quantitative estimate of drug-likeness (QED) is 0.818. The Labute approximate surface area is 95.5 Å². The van der Waals surface area contributed by atoms with Gasteiger partial charge in [-0.1, -0.05) is 12.1 Å². The zero-order valence-electron chi connectivity index (χ0n) is 8.14. The van der Waals surface area contributed by atoms with E-state index in [0.717, 1.165) is 0 Å². The summed E-state index contributed by atoms with van der Waals surface area (Å²) in [4.78, 5) is 14.7. The zero-order chi connectivity index (χ0) is 11.4. The number of ether oxygens (including phenoxy) is 1. The number of hydrogen-bond acceptors (Lipinski definition) is 4. The van der Waals surface area contributed by atoms with Crippen molar-refractivity contribution in [1.29, 1.82) is 0 Å². The van der Waals surface area contributed by atoms with Crippen LogP contribution >= 0.6 is 11.3 Å². The SMILES string of the molecule is O=[C]OCc1scnc1-c1ccccc1F. The molecule has 0 unspecified atom stereocenters. The van der Waals surface area contributed by atoms with Gasteiger partial charge in [0.25, 0.3) is 0 Å². The van der Waals surface area contributed by atoms with Crippen molar-refractivity contribution in [3.05, 3.63) is 40.5 Å². The molecule has 0 spiro atoms. The molecular weight excluding hydrogens is 229 g/mol. The smallest absolute Gasteiger partial charge is 0.417 e. The van der Waals surface area contributed by atoms with Crippen LogP contribution in [0.2, 0.25) is 0 Å². The number of halogens is 1. The second kappa shape index (κ2) is 4.85. The van der Waals surface area contributed by atoms with Crippen LogP contribution in [0.25, 0.3) is 11.3 Å². The molecule has 0 fully saturated rings. The predicted molar refractivity (Wildman–Crippen MR) is 58.0 cm³/mol. The van der Waals surface area contributed by atoms with E-state index in [-0.39, 0.29) is 12.4 Å². The molecule has 2 rings (SSSR count). The van der Waals surface area contributed by atoms with Gasteiger partial charge in [-0.05, 0) is 12.1 Å². The van der Waals surface area contributed by atoms with Crippen LogP contribution in [0.3, 0.4) is 0 Å². The molecule has 0 aliphatic rings. The van der Waals surface area contributed by atoms with E-state index in [4.69, 9.17) is 0 Å². The van der Waals surface area contributed by atoms with Crippen LogP contribution < -0.4 is 0 Å². The summed E-state index contributed by atoms with van der Waals surface area (Å²) >= 11 is 1.31. The number of benzene rings is 1. The van der Waals surface area contributed by atoms with Gasteiger partial charge in [0.15, 0.2) is 0 Å². The van der Waals surface area contributed by atoms with Gasteiger partial charge in [0.2, 0.25) is 0 Å². The van der Waals surface area contributed by atoms with Gasteiger partial charge in [0, 0.05) is 5.56 Å². The van der Waals surface area contributed by atoms with E-state index in [0.29, 0.717) is 16.1 Å². The predicted octanol–water partition coefficient (Wildman–Crippen LogP) is 2.53. The second-order valence-electron chi connectivity index (χ2n) is 2.98. The first-order chi connectivity index (χ1) is 7.83. The van der Waals surface area contributed by atoms with Crippen molar-refractivity contribution in [3.63, 3.8) is 0 Å². The molecule has 1 radical (unpaired) electrons. The summed E-state index contributed by atoms with van der Waals surface area (Å²) in [6.45, 7) is 1.40. The van der Waals surface area contributed by atoms with Gasteiger partial charge in [0.05, 0.1) is 16.1 Å². The summed E-state index contributed by atoms with van der Waals surface area (Å²) < 4.78 is 18.0. The van der Waals surface area contributed by atoms with E-state index in [1.165, 1.54) is 23.9 Å². The van der Waals surface area contributed by atoms with Crippen LogP contribution in [-0.2, 0) is 16.1 Å². The highest BCUT2D eigenvalue weighted by molar-refractivity contribution is 7.10. The fraction of sp³-hybridized carbons (Fsp3) is 0.0909. The molecule has 1 heterocycles. The molecule has 5 heteroatoms. The maximum Gasteiger partial charge on any atom is 0.417 e. The third-order valence-electron chi connectivity index (χ3n) is 2.03. The summed E-state index contributed by atoms with van der Waals surface area (Å²) in [7, 11) is 0. The molecule has 3 nitrogen and oxygen atoms in total. The Morgan fingerprint density at radius 2 is 2.25 bits per heavy atom. The van der Waals surface area contributed by atoms with Crippen LogP contribution in [-0.4, -0.2) is 11.5 Å². The Kier molecular flexibility index (Phi) is 3.26. The lowest BCUT2D eigenvalue weighted by molar-refractivity contribution is 0.270. The van der Waals surface area contributed by atoms with Gasteiger partial charge < -0.3 is 4.74 Å². The molecular formula is C11H7FNO2S. The van der Waals surface area contributed by atoms with E-state index >= 15 is 0 Å². The molecule has 0 aliphatic heterocycles. The first kappa shape index (κ1) is 10.8.